The standard InChI is InChI=1S/C13H19N3/c1-4-9-16(6-3)11-7-8-13(15-10-11)12(14)5-2/h1,7-8,10,12H,5-6,9,14H2,2-3H3/t12-/m0/s1. The van der Waals surface area contributed by atoms with Crippen molar-refractivity contribution in [1.29, 1.82) is 0 Å². The minimum absolute atomic E-state index is 0.0248. The SMILES string of the molecule is C#CCN(CC)c1ccc([C@@H](N)CC)nc1. The average Bonchev–Trinajstić information content (AvgIpc) is 2.35. The van der Waals surface area contributed by atoms with Crippen LogP contribution in [0.4, 0.5) is 5.69 Å². The van der Waals surface area contributed by atoms with Crippen LogP contribution >= 0.6 is 0 Å². The molecule has 0 aliphatic carbocycles. The quantitative estimate of drug-likeness (QED) is 0.766. The van der Waals surface area contributed by atoms with Crippen LogP contribution in [-0.2, 0) is 0 Å². The number of nitrogens with zero attached hydrogens (tertiary/aromatic N) is 2. The lowest BCUT2D eigenvalue weighted by Gasteiger charge is -2.20. The predicted molar refractivity (Wildman–Crippen MR) is 68.2 cm³/mol. The van der Waals surface area contributed by atoms with Gasteiger partial charge in [0.2, 0.25) is 0 Å². The van der Waals surface area contributed by atoms with Gasteiger partial charge < -0.3 is 10.6 Å². The van der Waals surface area contributed by atoms with Crippen molar-refractivity contribution in [2.24, 2.45) is 5.73 Å². The third-order valence-electron chi connectivity index (χ3n) is 2.62. The lowest BCUT2D eigenvalue weighted by molar-refractivity contribution is 0.675. The van der Waals surface area contributed by atoms with Gasteiger partial charge >= 0.3 is 0 Å². The molecule has 0 saturated carbocycles. The Morgan fingerprint density at radius 3 is 2.69 bits per heavy atom. The maximum absolute atomic E-state index is 5.90. The molecular weight excluding hydrogens is 198 g/mol. The summed E-state index contributed by atoms with van der Waals surface area (Å²) in [6.45, 7) is 5.61. The van der Waals surface area contributed by atoms with E-state index in [1.807, 2.05) is 18.3 Å². The van der Waals surface area contributed by atoms with Gasteiger partial charge in [-0.15, -0.1) is 6.42 Å². The highest BCUT2D eigenvalue weighted by Gasteiger charge is 2.06. The highest BCUT2D eigenvalue weighted by Crippen LogP contribution is 2.16. The van der Waals surface area contributed by atoms with E-state index < -0.39 is 0 Å². The maximum Gasteiger partial charge on any atom is 0.0792 e. The van der Waals surface area contributed by atoms with E-state index in [1.165, 1.54) is 0 Å². The smallest absolute Gasteiger partial charge is 0.0792 e. The van der Waals surface area contributed by atoms with Crippen LogP contribution in [0, 0.1) is 12.3 Å². The van der Waals surface area contributed by atoms with Crippen molar-refractivity contribution in [1.82, 2.24) is 4.98 Å². The summed E-state index contributed by atoms with van der Waals surface area (Å²) in [5, 5.41) is 0. The zero-order valence-corrected chi connectivity index (χ0v) is 9.98. The monoisotopic (exact) mass is 217 g/mol. The first-order chi connectivity index (χ1) is 7.72. The van der Waals surface area contributed by atoms with Gasteiger partial charge in [0, 0.05) is 12.6 Å². The van der Waals surface area contributed by atoms with Gasteiger partial charge in [0.25, 0.3) is 0 Å². The van der Waals surface area contributed by atoms with Gasteiger partial charge in [-0.2, -0.15) is 0 Å². The Bertz CT molecular complexity index is 350. The zero-order chi connectivity index (χ0) is 12.0. The van der Waals surface area contributed by atoms with Crippen LogP contribution in [0.1, 0.15) is 32.0 Å². The van der Waals surface area contributed by atoms with Crippen LogP contribution in [-0.4, -0.2) is 18.1 Å². The summed E-state index contributed by atoms with van der Waals surface area (Å²) in [5.41, 5.74) is 7.89. The van der Waals surface area contributed by atoms with Crippen molar-refractivity contribution >= 4 is 5.69 Å². The molecule has 16 heavy (non-hydrogen) atoms. The Hall–Kier alpha value is -1.53. The summed E-state index contributed by atoms with van der Waals surface area (Å²) in [6, 6.07) is 4.03. The number of aromatic nitrogens is 1. The lowest BCUT2D eigenvalue weighted by atomic mass is 10.1. The van der Waals surface area contributed by atoms with Gasteiger partial charge in [-0.3, -0.25) is 4.98 Å². The number of anilines is 1. The van der Waals surface area contributed by atoms with Gasteiger partial charge in [-0.05, 0) is 25.5 Å². The van der Waals surface area contributed by atoms with Crippen molar-refractivity contribution in [3.63, 3.8) is 0 Å². The Kier molecular flexibility index (Phi) is 4.81. The van der Waals surface area contributed by atoms with Gasteiger partial charge in [-0.25, -0.2) is 0 Å². The number of pyridine rings is 1. The van der Waals surface area contributed by atoms with Crippen LogP contribution in [0.3, 0.4) is 0 Å². The second-order valence-corrected chi connectivity index (χ2v) is 3.67. The molecule has 0 amide bonds. The Morgan fingerprint density at radius 2 is 2.25 bits per heavy atom. The molecule has 0 radical (unpaired) electrons. The van der Waals surface area contributed by atoms with Crippen molar-refractivity contribution in [3.8, 4) is 12.3 Å². The molecule has 1 aromatic heterocycles. The van der Waals surface area contributed by atoms with Crippen molar-refractivity contribution < 1.29 is 0 Å². The first-order valence-corrected chi connectivity index (χ1v) is 5.62. The summed E-state index contributed by atoms with van der Waals surface area (Å²) < 4.78 is 0. The molecule has 1 aromatic rings. The van der Waals surface area contributed by atoms with E-state index in [9.17, 15) is 0 Å². The second-order valence-electron chi connectivity index (χ2n) is 3.67. The molecule has 0 aromatic carbocycles. The van der Waals surface area contributed by atoms with Gasteiger partial charge in [0.15, 0.2) is 0 Å². The highest BCUT2D eigenvalue weighted by atomic mass is 15.1. The zero-order valence-electron chi connectivity index (χ0n) is 9.98. The first kappa shape index (κ1) is 12.5. The number of hydrogen-bond donors (Lipinski definition) is 1. The molecule has 3 heteroatoms. The Labute approximate surface area is 97.7 Å². The van der Waals surface area contributed by atoms with E-state index in [-0.39, 0.29) is 6.04 Å². The van der Waals surface area contributed by atoms with Crippen LogP contribution in [0.15, 0.2) is 18.3 Å². The highest BCUT2D eigenvalue weighted by molar-refractivity contribution is 5.45. The van der Waals surface area contributed by atoms with E-state index in [0.717, 1.165) is 24.3 Å². The molecule has 0 aliphatic heterocycles. The maximum atomic E-state index is 5.90. The third kappa shape index (κ3) is 2.98. The van der Waals surface area contributed by atoms with E-state index in [2.05, 4.69) is 29.7 Å². The molecule has 86 valence electrons. The third-order valence-corrected chi connectivity index (χ3v) is 2.62. The minimum Gasteiger partial charge on any atom is -0.359 e. The fourth-order valence-corrected chi connectivity index (χ4v) is 1.51. The summed E-state index contributed by atoms with van der Waals surface area (Å²) >= 11 is 0. The van der Waals surface area contributed by atoms with Gasteiger partial charge in [0.05, 0.1) is 24.1 Å². The molecule has 1 heterocycles. The molecule has 0 bridgehead atoms. The van der Waals surface area contributed by atoms with E-state index >= 15 is 0 Å². The average molecular weight is 217 g/mol. The summed E-state index contributed by atoms with van der Waals surface area (Å²) in [5.74, 6) is 2.64. The van der Waals surface area contributed by atoms with Crippen molar-refractivity contribution in [2.75, 3.05) is 18.0 Å². The molecule has 1 rings (SSSR count). The van der Waals surface area contributed by atoms with Gasteiger partial charge in [0.1, 0.15) is 0 Å². The van der Waals surface area contributed by atoms with Crippen LogP contribution in [0.5, 0.6) is 0 Å². The normalized spacial score (nSPS) is 11.9. The van der Waals surface area contributed by atoms with E-state index in [1.54, 1.807) is 0 Å². The molecule has 0 unspecified atom stereocenters. The molecule has 0 fully saturated rings. The topological polar surface area (TPSA) is 42.1 Å². The molecule has 2 N–H and O–H groups in total. The summed E-state index contributed by atoms with van der Waals surface area (Å²) in [6.07, 6.45) is 8.05. The number of rotatable bonds is 5. The second kappa shape index (κ2) is 6.14. The fraction of sp³-hybridized carbons (Fsp3) is 0.462. The van der Waals surface area contributed by atoms with Crippen LogP contribution < -0.4 is 10.6 Å². The summed E-state index contributed by atoms with van der Waals surface area (Å²) in [7, 11) is 0. The van der Waals surface area contributed by atoms with Crippen LogP contribution in [0.2, 0.25) is 0 Å². The first-order valence-electron chi connectivity index (χ1n) is 5.62. The largest absolute Gasteiger partial charge is 0.359 e. The summed E-state index contributed by atoms with van der Waals surface area (Å²) in [4.78, 5) is 6.46. The molecule has 1 atom stereocenters. The molecule has 0 saturated heterocycles. The van der Waals surface area contributed by atoms with Gasteiger partial charge in [-0.1, -0.05) is 12.8 Å². The lowest BCUT2D eigenvalue weighted by Crippen LogP contribution is -2.23. The number of hydrogen-bond acceptors (Lipinski definition) is 3. The fourth-order valence-electron chi connectivity index (χ4n) is 1.51. The van der Waals surface area contributed by atoms with Crippen molar-refractivity contribution in [2.45, 2.75) is 26.3 Å². The Morgan fingerprint density at radius 1 is 1.50 bits per heavy atom. The molecule has 0 aliphatic rings. The number of terminal acetylenes is 1. The number of nitrogens with two attached hydrogens (primary N) is 1. The van der Waals surface area contributed by atoms with E-state index in [4.69, 9.17) is 12.2 Å². The predicted octanol–water partition coefficient (Wildman–Crippen LogP) is 1.95. The molecular formula is C13H19N3. The van der Waals surface area contributed by atoms with Crippen LogP contribution in [0.25, 0.3) is 0 Å². The molecule has 3 nitrogen and oxygen atoms in total. The Balaban J connectivity index is 2.81. The minimum atomic E-state index is 0.0248. The molecule has 0 spiro atoms. The van der Waals surface area contributed by atoms with Crippen molar-refractivity contribution in [3.05, 3.63) is 24.0 Å². The van der Waals surface area contributed by atoms with E-state index in [0.29, 0.717) is 6.54 Å².